The fourth-order valence-electron chi connectivity index (χ4n) is 2.96. The van der Waals surface area contributed by atoms with Crippen molar-refractivity contribution in [2.75, 3.05) is 0 Å². The number of nitrogens with zero attached hydrogens (tertiary/aromatic N) is 3. The van der Waals surface area contributed by atoms with E-state index in [4.69, 9.17) is 0 Å². The van der Waals surface area contributed by atoms with Gasteiger partial charge in [0, 0.05) is 31.4 Å². The van der Waals surface area contributed by atoms with E-state index in [1.54, 1.807) is 25.5 Å². The number of carbonyl (C=O) groups is 1. The highest BCUT2D eigenvalue weighted by atomic mass is 16.2. The van der Waals surface area contributed by atoms with Gasteiger partial charge < -0.3 is 5.32 Å². The largest absolute Gasteiger partial charge is 0.349 e. The Bertz CT molecular complexity index is 770. The molecule has 1 aliphatic carbocycles. The van der Waals surface area contributed by atoms with Crippen molar-refractivity contribution in [3.05, 3.63) is 57.8 Å². The number of rotatable bonds is 3. The van der Waals surface area contributed by atoms with Crippen molar-refractivity contribution in [2.45, 2.75) is 32.2 Å². The Morgan fingerprint density at radius 2 is 2.30 bits per heavy atom. The van der Waals surface area contributed by atoms with E-state index in [0.29, 0.717) is 6.42 Å². The van der Waals surface area contributed by atoms with Crippen molar-refractivity contribution < 1.29 is 4.79 Å². The Kier molecular flexibility index (Phi) is 4.23. The molecule has 23 heavy (non-hydrogen) atoms. The van der Waals surface area contributed by atoms with Crippen LogP contribution in [0.3, 0.4) is 0 Å². The van der Waals surface area contributed by atoms with Gasteiger partial charge in [-0.25, -0.2) is 4.68 Å². The second-order valence-electron chi connectivity index (χ2n) is 6.03. The molecule has 2 heterocycles. The summed E-state index contributed by atoms with van der Waals surface area (Å²) in [5.41, 5.74) is 2.67. The molecule has 0 radical (unpaired) electrons. The molecule has 3 rings (SSSR count). The van der Waals surface area contributed by atoms with Crippen LogP contribution in [0.2, 0.25) is 0 Å². The molecule has 0 saturated heterocycles. The van der Waals surface area contributed by atoms with E-state index in [1.807, 2.05) is 19.1 Å². The Hall–Kier alpha value is -2.50. The maximum atomic E-state index is 12.5. The van der Waals surface area contributed by atoms with Crippen LogP contribution in [0.25, 0.3) is 0 Å². The summed E-state index contributed by atoms with van der Waals surface area (Å²) in [6, 6.07) is 5.32. The van der Waals surface area contributed by atoms with Gasteiger partial charge in [-0.3, -0.25) is 14.6 Å². The number of aryl methyl sites for hydroxylation is 2. The molecule has 0 aromatic carbocycles. The highest BCUT2D eigenvalue weighted by molar-refractivity contribution is 5.79. The van der Waals surface area contributed by atoms with Crippen LogP contribution >= 0.6 is 0 Å². The molecule has 6 nitrogen and oxygen atoms in total. The molecule has 1 amide bonds. The Morgan fingerprint density at radius 3 is 3.04 bits per heavy atom. The van der Waals surface area contributed by atoms with Gasteiger partial charge in [-0.15, -0.1) is 0 Å². The molecule has 2 aromatic heterocycles. The van der Waals surface area contributed by atoms with Crippen LogP contribution in [0.1, 0.15) is 36.2 Å². The minimum absolute atomic E-state index is 0.0210. The predicted octanol–water partition coefficient (Wildman–Crippen LogP) is 1.16. The highest BCUT2D eigenvalue weighted by Gasteiger charge is 2.27. The second-order valence-corrected chi connectivity index (χ2v) is 6.03. The van der Waals surface area contributed by atoms with Crippen molar-refractivity contribution >= 4 is 5.91 Å². The molecule has 0 spiro atoms. The first kappa shape index (κ1) is 15.4. The molecule has 0 fully saturated rings. The summed E-state index contributed by atoms with van der Waals surface area (Å²) in [4.78, 5) is 28.3. The summed E-state index contributed by atoms with van der Waals surface area (Å²) in [6.45, 7) is 1.95. The topological polar surface area (TPSA) is 76.9 Å². The lowest BCUT2D eigenvalue weighted by Gasteiger charge is -2.25. The molecule has 1 aliphatic rings. The lowest BCUT2D eigenvalue weighted by atomic mass is 9.86. The van der Waals surface area contributed by atoms with E-state index in [9.17, 15) is 9.59 Å². The van der Waals surface area contributed by atoms with E-state index < -0.39 is 0 Å². The zero-order valence-corrected chi connectivity index (χ0v) is 13.3. The normalized spacial score (nSPS) is 18.1. The first-order valence-corrected chi connectivity index (χ1v) is 7.81. The van der Waals surface area contributed by atoms with E-state index in [1.165, 1.54) is 4.68 Å². The number of aromatic nitrogens is 3. The summed E-state index contributed by atoms with van der Waals surface area (Å²) in [6.07, 6.45) is 5.52. The molecule has 0 aliphatic heterocycles. The van der Waals surface area contributed by atoms with Crippen molar-refractivity contribution in [1.82, 2.24) is 20.1 Å². The highest BCUT2D eigenvalue weighted by Crippen LogP contribution is 2.24. The van der Waals surface area contributed by atoms with E-state index in [0.717, 1.165) is 29.7 Å². The molecule has 2 atom stereocenters. The minimum Gasteiger partial charge on any atom is -0.349 e. The maximum absolute atomic E-state index is 12.5. The number of carbonyl (C=O) groups excluding carboxylic acids is 1. The van der Waals surface area contributed by atoms with Crippen LogP contribution < -0.4 is 10.9 Å². The van der Waals surface area contributed by atoms with Crippen LogP contribution in [0.15, 0.2) is 35.4 Å². The van der Waals surface area contributed by atoms with Crippen LogP contribution in [-0.4, -0.2) is 20.7 Å². The van der Waals surface area contributed by atoms with E-state index in [-0.39, 0.29) is 23.4 Å². The van der Waals surface area contributed by atoms with Gasteiger partial charge in [-0.2, -0.15) is 5.10 Å². The number of amides is 1. The molecule has 2 unspecified atom stereocenters. The van der Waals surface area contributed by atoms with Crippen molar-refractivity contribution in [2.24, 2.45) is 13.0 Å². The third-order valence-electron chi connectivity index (χ3n) is 4.37. The Balaban J connectivity index is 1.69. The van der Waals surface area contributed by atoms with Crippen molar-refractivity contribution in [3.63, 3.8) is 0 Å². The van der Waals surface area contributed by atoms with Crippen LogP contribution in [-0.2, 0) is 24.7 Å². The summed E-state index contributed by atoms with van der Waals surface area (Å²) in [7, 11) is 1.65. The van der Waals surface area contributed by atoms with Crippen LogP contribution in [0, 0.1) is 5.92 Å². The average molecular weight is 312 g/mol. The third kappa shape index (κ3) is 3.31. The summed E-state index contributed by atoms with van der Waals surface area (Å²) < 4.78 is 1.35. The smallest absolute Gasteiger partial charge is 0.266 e. The summed E-state index contributed by atoms with van der Waals surface area (Å²) in [5.74, 6) is -0.0943. The average Bonchev–Trinajstić information content (AvgIpc) is 2.56. The first-order valence-electron chi connectivity index (χ1n) is 7.81. The minimum atomic E-state index is -0.131. The molecule has 2 aromatic rings. The second kappa shape index (κ2) is 6.32. The van der Waals surface area contributed by atoms with Crippen molar-refractivity contribution in [1.29, 1.82) is 0 Å². The van der Waals surface area contributed by atoms with Gasteiger partial charge in [0.25, 0.3) is 5.56 Å². The van der Waals surface area contributed by atoms with Crippen molar-refractivity contribution in [3.8, 4) is 0 Å². The molecule has 0 saturated carbocycles. The Morgan fingerprint density at radius 1 is 1.48 bits per heavy atom. The lowest BCUT2D eigenvalue weighted by Crippen LogP contribution is -2.36. The first-order chi connectivity index (χ1) is 11.0. The molecule has 0 bridgehead atoms. The van der Waals surface area contributed by atoms with E-state index >= 15 is 0 Å². The molecular formula is C17H20N4O2. The van der Waals surface area contributed by atoms with Gasteiger partial charge in [0.15, 0.2) is 0 Å². The fraction of sp³-hybridized carbons (Fsp3) is 0.412. The lowest BCUT2D eigenvalue weighted by molar-refractivity contribution is -0.126. The monoisotopic (exact) mass is 312 g/mol. The SMILES string of the molecule is CC(NC(=O)C1CCc2nn(C)c(=O)cc2C1)c1cccnc1. The Labute approximate surface area is 134 Å². The molecule has 1 N–H and O–H groups in total. The van der Waals surface area contributed by atoms with Crippen LogP contribution in [0.5, 0.6) is 0 Å². The van der Waals surface area contributed by atoms with Gasteiger partial charge in [-0.1, -0.05) is 6.07 Å². The van der Waals surface area contributed by atoms with Gasteiger partial charge in [-0.05, 0) is 43.4 Å². The number of pyridine rings is 1. The third-order valence-corrected chi connectivity index (χ3v) is 4.37. The van der Waals surface area contributed by atoms with Gasteiger partial charge in [0.05, 0.1) is 11.7 Å². The zero-order chi connectivity index (χ0) is 16.4. The number of nitrogens with one attached hydrogen (secondary N) is 1. The molecule has 6 heteroatoms. The predicted molar refractivity (Wildman–Crippen MR) is 85.8 cm³/mol. The number of fused-ring (bicyclic) bond motifs is 1. The van der Waals surface area contributed by atoms with E-state index in [2.05, 4.69) is 15.4 Å². The molecule has 120 valence electrons. The summed E-state index contributed by atoms with van der Waals surface area (Å²) in [5, 5.41) is 7.32. The summed E-state index contributed by atoms with van der Waals surface area (Å²) >= 11 is 0. The zero-order valence-electron chi connectivity index (χ0n) is 13.3. The molecular weight excluding hydrogens is 292 g/mol. The fourth-order valence-corrected chi connectivity index (χ4v) is 2.96. The number of hydrogen-bond acceptors (Lipinski definition) is 4. The number of hydrogen-bond donors (Lipinski definition) is 1. The van der Waals surface area contributed by atoms with Gasteiger partial charge in [0.2, 0.25) is 5.91 Å². The van der Waals surface area contributed by atoms with Gasteiger partial charge >= 0.3 is 0 Å². The van der Waals surface area contributed by atoms with Gasteiger partial charge in [0.1, 0.15) is 0 Å². The maximum Gasteiger partial charge on any atom is 0.266 e. The standard InChI is InChI=1S/C17H20N4O2/c1-11(13-4-3-7-18-10-13)19-17(23)12-5-6-15-14(8-12)9-16(22)21(2)20-15/h3-4,7,9-12H,5-6,8H2,1-2H3,(H,19,23). The quantitative estimate of drug-likeness (QED) is 0.922. The van der Waals surface area contributed by atoms with Crippen LogP contribution in [0.4, 0.5) is 0 Å².